The molecule has 0 aliphatic carbocycles. The van der Waals surface area contributed by atoms with Gasteiger partial charge in [-0.1, -0.05) is 5.16 Å². The van der Waals surface area contributed by atoms with Crippen molar-refractivity contribution in [2.24, 2.45) is 0 Å². The van der Waals surface area contributed by atoms with Crippen molar-refractivity contribution in [2.45, 2.75) is 26.9 Å². The van der Waals surface area contributed by atoms with E-state index in [-0.39, 0.29) is 5.89 Å². The van der Waals surface area contributed by atoms with Crippen molar-refractivity contribution in [1.82, 2.24) is 10.1 Å². The van der Waals surface area contributed by atoms with Crippen LogP contribution in [-0.4, -0.2) is 16.1 Å². The molecular weight excluding hydrogens is 248 g/mol. The molecule has 6 heteroatoms. The minimum absolute atomic E-state index is 0.271. The van der Waals surface area contributed by atoms with Crippen LogP contribution in [0.3, 0.4) is 0 Å². The van der Waals surface area contributed by atoms with Crippen molar-refractivity contribution < 1.29 is 18.5 Å². The molecule has 2 heterocycles. The van der Waals surface area contributed by atoms with Crippen LogP contribution in [0.2, 0.25) is 0 Å². The first kappa shape index (κ1) is 13.1. The first-order valence-corrected chi connectivity index (χ1v) is 5.80. The molecule has 0 amide bonds. The number of hydrogen-bond donors (Lipinski definition) is 0. The third-order valence-electron chi connectivity index (χ3n) is 2.33. The van der Waals surface area contributed by atoms with Crippen LogP contribution in [0.5, 0.6) is 0 Å². The lowest BCUT2D eigenvalue weighted by Gasteiger charge is -2.05. The van der Waals surface area contributed by atoms with Crippen LogP contribution < -0.4 is 0 Å². The molecule has 0 aliphatic rings. The van der Waals surface area contributed by atoms with Crippen LogP contribution in [0, 0.1) is 13.8 Å². The second kappa shape index (κ2) is 5.51. The van der Waals surface area contributed by atoms with Gasteiger partial charge >= 0.3 is 5.97 Å². The summed E-state index contributed by atoms with van der Waals surface area (Å²) in [6.07, 6.45) is 2.25. The van der Waals surface area contributed by atoms with Crippen molar-refractivity contribution in [1.29, 1.82) is 0 Å². The molecule has 1 unspecified atom stereocenters. The van der Waals surface area contributed by atoms with Gasteiger partial charge in [0, 0.05) is 6.08 Å². The molecule has 0 saturated heterocycles. The maximum absolute atomic E-state index is 11.6. The first-order valence-electron chi connectivity index (χ1n) is 5.80. The van der Waals surface area contributed by atoms with Crippen molar-refractivity contribution >= 4 is 12.0 Å². The van der Waals surface area contributed by atoms with Gasteiger partial charge in [-0.25, -0.2) is 4.79 Å². The van der Waals surface area contributed by atoms with Gasteiger partial charge in [0.25, 0.3) is 5.89 Å². The second-order valence-corrected chi connectivity index (χ2v) is 4.04. The number of esters is 1. The van der Waals surface area contributed by atoms with Gasteiger partial charge in [-0.2, -0.15) is 4.98 Å². The largest absolute Gasteiger partial charge is 0.462 e. The molecule has 0 bridgehead atoms. The van der Waals surface area contributed by atoms with Gasteiger partial charge in [-0.05, 0) is 39.0 Å². The van der Waals surface area contributed by atoms with Gasteiger partial charge in [0.05, 0.1) is 0 Å². The number of aromatic nitrogens is 2. The van der Waals surface area contributed by atoms with Crippen molar-refractivity contribution in [3.05, 3.63) is 41.4 Å². The van der Waals surface area contributed by atoms with E-state index in [1.54, 1.807) is 26.0 Å². The minimum atomic E-state index is -0.586. The Balaban J connectivity index is 1.92. The molecule has 6 nitrogen and oxygen atoms in total. The van der Waals surface area contributed by atoms with E-state index in [1.807, 2.05) is 13.0 Å². The number of rotatable bonds is 4. The zero-order valence-electron chi connectivity index (χ0n) is 10.9. The summed E-state index contributed by atoms with van der Waals surface area (Å²) in [7, 11) is 0. The number of hydrogen-bond acceptors (Lipinski definition) is 6. The van der Waals surface area contributed by atoms with Crippen LogP contribution >= 0.6 is 0 Å². The van der Waals surface area contributed by atoms with Crippen LogP contribution in [0.25, 0.3) is 6.08 Å². The van der Waals surface area contributed by atoms with E-state index in [9.17, 15) is 4.79 Å². The summed E-state index contributed by atoms with van der Waals surface area (Å²) in [5.74, 6) is 1.64. The molecule has 2 rings (SSSR count). The van der Waals surface area contributed by atoms with Crippen molar-refractivity contribution in [3.63, 3.8) is 0 Å². The Labute approximate surface area is 110 Å². The molecule has 100 valence electrons. The van der Waals surface area contributed by atoms with Crippen LogP contribution in [0.1, 0.15) is 36.3 Å². The Kier molecular flexibility index (Phi) is 3.79. The third kappa shape index (κ3) is 3.54. The van der Waals surface area contributed by atoms with Crippen LogP contribution in [0.15, 0.2) is 27.1 Å². The van der Waals surface area contributed by atoms with Gasteiger partial charge in [0.2, 0.25) is 0 Å². The molecule has 0 fully saturated rings. The topological polar surface area (TPSA) is 78.4 Å². The molecule has 0 aromatic carbocycles. The predicted octanol–water partition coefficient (Wildman–Crippen LogP) is 2.60. The summed E-state index contributed by atoms with van der Waals surface area (Å²) >= 11 is 0. The van der Waals surface area contributed by atoms with Gasteiger partial charge < -0.3 is 13.7 Å². The Bertz CT molecular complexity index is 597. The summed E-state index contributed by atoms with van der Waals surface area (Å²) in [6.45, 7) is 5.19. The van der Waals surface area contributed by atoms with Crippen LogP contribution in [0.4, 0.5) is 0 Å². The highest BCUT2D eigenvalue weighted by molar-refractivity contribution is 5.86. The highest BCUT2D eigenvalue weighted by Gasteiger charge is 2.16. The first-order chi connectivity index (χ1) is 9.04. The Hall–Kier alpha value is -2.37. The molecule has 0 radical (unpaired) electrons. The van der Waals surface area contributed by atoms with Crippen molar-refractivity contribution in [3.8, 4) is 0 Å². The summed E-state index contributed by atoms with van der Waals surface area (Å²) in [6, 6.07) is 3.58. The summed E-state index contributed by atoms with van der Waals surface area (Å²) in [5, 5.41) is 3.63. The standard InChI is InChI=1S/C13H14N2O4/c1-8-4-5-11(17-8)6-7-12(16)18-9(2)13-14-10(3)15-19-13/h4-7,9H,1-3H3/b7-6+. The van der Waals surface area contributed by atoms with Crippen molar-refractivity contribution in [2.75, 3.05) is 0 Å². The van der Waals surface area contributed by atoms with Gasteiger partial charge in [0.1, 0.15) is 11.5 Å². The number of carbonyl (C=O) groups is 1. The lowest BCUT2D eigenvalue weighted by atomic mass is 10.3. The molecule has 0 spiro atoms. The Morgan fingerprint density at radius 1 is 1.42 bits per heavy atom. The molecule has 19 heavy (non-hydrogen) atoms. The number of ether oxygens (including phenoxy) is 1. The van der Waals surface area contributed by atoms with Crippen LogP contribution in [-0.2, 0) is 9.53 Å². The molecule has 2 aromatic heterocycles. The fraction of sp³-hybridized carbons (Fsp3) is 0.308. The second-order valence-electron chi connectivity index (χ2n) is 4.04. The maximum atomic E-state index is 11.6. The summed E-state index contributed by atoms with van der Waals surface area (Å²) < 4.78 is 15.3. The number of furan rings is 1. The average molecular weight is 262 g/mol. The highest BCUT2D eigenvalue weighted by Crippen LogP contribution is 2.15. The quantitative estimate of drug-likeness (QED) is 0.622. The Morgan fingerprint density at radius 2 is 2.21 bits per heavy atom. The highest BCUT2D eigenvalue weighted by atomic mass is 16.6. The van der Waals surface area contributed by atoms with E-state index in [4.69, 9.17) is 13.7 Å². The summed E-state index contributed by atoms with van der Waals surface area (Å²) in [5.41, 5.74) is 0. The lowest BCUT2D eigenvalue weighted by molar-refractivity contribution is -0.143. The number of nitrogens with zero attached hydrogens (tertiary/aromatic N) is 2. The molecular formula is C13H14N2O4. The van der Waals surface area contributed by atoms with Gasteiger partial charge in [-0.15, -0.1) is 0 Å². The van der Waals surface area contributed by atoms with Gasteiger partial charge in [0.15, 0.2) is 11.9 Å². The van der Waals surface area contributed by atoms with E-state index < -0.39 is 12.1 Å². The third-order valence-corrected chi connectivity index (χ3v) is 2.33. The fourth-order valence-corrected chi connectivity index (χ4v) is 1.44. The van der Waals surface area contributed by atoms with Gasteiger partial charge in [-0.3, -0.25) is 0 Å². The summed E-state index contributed by atoms with van der Waals surface area (Å²) in [4.78, 5) is 15.6. The van der Waals surface area contributed by atoms with E-state index >= 15 is 0 Å². The van der Waals surface area contributed by atoms with E-state index in [0.29, 0.717) is 11.6 Å². The number of carbonyl (C=O) groups excluding carboxylic acids is 1. The zero-order valence-corrected chi connectivity index (χ0v) is 10.9. The number of aryl methyl sites for hydroxylation is 2. The predicted molar refractivity (Wildman–Crippen MR) is 66.0 cm³/mol. The SMILES string of the molecule is Cc1noc(C(C)OC(=O)/C=C/c2ccc(C)o2)n1. The monoisotopic (exact) mass is 262 g/mol. The minimum Gasteiger partial charge on any atom is -0.462 e. The van der Waals surface area contributed by atoms with E-state index in [0.717, 1.165) is 5.76 Å². The Morgan fingerprint density at radius 3 is 2.79 bits per heavy atom. The van der Waals surface area contributed by atoms with E-state index in [1.165, 1.54) is 6.08 Å². The zero-order chi connectivity index (χ0) is 13.8. The molecule has 2 aromatic rings. The smallest absolute Gasteiger partial charge is 0.331 e. The normalized spacial score (nSPS) is 12.8. The molecule has 1 atom stereocenters. The molecule has 0 aliphatic heterocycles. The lowest BCUT2D eigenvalue weighted by Crippen LogP contribution is -2.06. The average Bonchev–Trinajstić information content (AvgIpc) is 2.95. The molecule has 0 saturated carbocycles. The maximum Gasteiger partial charge on any atom is 0.331 e. The fourth-order valence-electron chi connectivity index (χ4n) is 1.44. The molecule has 0 N–H and O–H groups in total. The van der Waals surface area contributed by atoms with E-state index in [2.05, 4.69) is 10.1 Å².